The highest BCUT2D eigenvalue weighted by Crippen LogP contribution is 2.12. The number of hydrogen-bond acceptors (Lipinski definition) is 2. The third-order valence-corrected chi connectivity index (χ3v) is 1.95. The van der Waals surface area contributed by atoms with Crippen LogP contribution in [-0.2, 0) is 9.53 Å². The molecule has 0 bridgehead atoms. The van der Waals surface area contributed by atoms with Gasteiger partial charge in [-0.25, -0.2) is 0 Å². The number of rotatable bonds is 0. The Kier molecular flexibility index (Phi) is 3.92. The van der Waals surface area contributed by atoms with Crippen LogP contribution in [0.3, 0.4) is 0 Å². The number of benzene rings is 1. The molecule has 1 aromatic carbocycles. The number of hydrogen-bond donors (Lipinski definition) is 1. The summed E-state index contributed by atoms with van der Waals surface area (Å²) in [6.45, 7) is 3.43. The van der Waals surface area contributed by atoms with Crippen molar-refractivity contribution in [3.05, 3.63) is 36.0 Å². The number of aryl methyl sites for hydroxylation is 1. The lowest BCUT2D eigenvalue weighted by molar-refractivity contribution is -0.137. The van der Waals surface area contributed by atoms with Crippen LogP contribution in [0.1, 0.15) is 12.6 Å². The summed E-state index contributed by atoms with van der Waals surface area (Å²) in [5, 5.41) is 1.29. The molecule has 0 saturated heterocycles. The summed E-state index contributed by atoms with van der Waals surface area (Å²) in [4.78, 5) is 12.8. The van der Waals surface area contributed by atoms with Crippen molar-refractivity contribution in [2.24, 2.45) is 0 Å². The van der Waals surface area contributed by atoms with Crippen molar-refractivity contribution in [3.8, 4) is 0 Å². The minimum Gasteiger partial charge on any atom is -0.469 e. The Hall–Kier alpha value is -1.77. The molecule has 1 heterocycles. The summed E-state index contributed by atoms with van der Waals surface area (Å²) in [5.74, 6) is -0.245. The summed E-state index contributed by atoms with van der Waals surface area (Å²) in [6.07, 6.45) is 0. The molecule has 0 unspecified atom stereocenters. The molecular formula is C12H15NO2. The first-order valence-electron chi connectivity index (χ1n) is 4.72. The SMILES string of the molecule is COC(C)=O.Cc1cc2ccccc2[nH]1. The van der Waals surface area contributed by atoms with Crippen molar-refractivity contribution in [1.29, 1.82) is 0 Å². The van der Waals surface area contributed by atoms with E-state index in [-0.39, 0.29) is 5.97 Å². The molecule has 0 aliphatic rings. The lowest BCUT2D eigenvalue weighted by atomic mass is 10.2. The Balaban J connectivity index is 0.000000195. The molecule has 15 heavy (non-hydrogen) atoms. The van der Waals surface area contributed by atoms with Crippen LogP contribution in [0.15, 0.2) is 30.3 Å². The zero-order chi connectivity index (χ0) is 11.3. The Bertz CT molecular complexity index is 413. The molecular weight excluding hydrogens is 190 g/mol. The van der Waals surface area contributed by atoms with Gasteiger partial charge in [-0.3, -0.25) is 4.79 Å². The molecule has 0 spiro atoms. The van der Waals surface area contributed by atoms with Crippen LogP contribution in [-0.4, -0.2) is 18.1 Å². The summed E-state index contributed by atoms with van der Waals surface area (Å²) < 4.78 is 4.11. The van der Waals surface area contributed by atoms with E-state index in [0.29, 0.717) is 0 Å². The lowest BCUT2D eigenvalue weighted by Gasteiger charge is -1.83. The first-order chi connectivity index (χ1) is 7.13. The van der Waals surface area contributed by atoms with Crippen LogP contribution < -0.4 is 0 Å². The van der Waals surface area contributed by atoms with Crippen LogP contribution in [0.4, 0.5) is 0 Å². The van der Waals surface area contributed by atoms with Crippen molar-refractivity contribution < 1.29 is 9.53 Å². The van der Waals surface area contributed by atoms with Gasteiger partial charge in [-0.2, -0.15) is 0 Å². The van der Waals surface area contributed by atoms with Crippen molar-refractivity contribution in [2.75, 3.05) is 7.11 Å². The van der Waals surface area contributed by atoms with Crippen LogP contribution in [0.25, 0.3) is 10.9 Å². The average Bonchev–Trinajstić information content (AvgIpc) is 2.58. The number of fused-ring (bicyclic) bond motifs is 1. The third-order valence-electron chi connectivity index (χ3n) is 1.95. The number of carbonyl (C=O) groups excluding carboxylic acids is 1. The van der Waals surface area contributed by atoms with E-state index in [0.717, 1.165) is 0 Å². The Morgan fingerprint density at radius 3 is 2.47 bits per heavy atom. The smallest absolute Gasteiger partial charge is 0.302 e. The molecule has 0 radical (unpaired) electrons. The molecule has 1 aromatic heterocycles. The van der Waals surface area contributed by atoms with Gasteiger partial charge in [0.05, 0.1) is 7.11 Å². The van der Waals surface area contributed by atoms with Gasteiger partial charge in [0.25, 0.3) is 0 Å². The first-order valence-corrected chi connectivity index (χ1v) is 4.72. The van der Waals surface area contributed by atoms with E-state index in [1.54, 1.807) is 0 Å². The maximum Gasteiger partial charge on any atom is 0.302 e. The van der Waals surface area contributed by atoms with Crippen LogP contribution >= 0.6 is 0 Å². The molecule has 1 N–H and O–H groups in total. The second-order valence-corrected chi connectivity index (χ2v) is 3.24. The number of carbonyl (C=O) groups is 1. The molecule has 0 aliphatic heterocycles. The van der Waals surface area contributed by atoms with Crippen LogP contribution in [0.5, 0.6) is 0 Å². The number of nitrogens with one attached hydrogen (secondary N) is 1. The summed E-state index contributed by atoms with van der Waals surface area (Å²) in [6, 6.07) is 10.4. The summed E-state index contributed by atoms with van der Waals surface area (Å²) >= 11 is 0. The largest absolute Gasteiger partial charge is 0.469 e. The van der Waals surface area contributed by atoms with Gasteiger partial charge in [-0.05, 0) is 24.4 Å². The number of ether oxygens (including phenoxy) is 1. The molecule has 2 aromatic rings. The second-order valence-electron chi connectivity index (χ2n) is 3.24. The predicted octanol–water partition coefficient (Wildman–Crippen LogP) is 2.66. The van der Waals surface area contributed by atoms with Gasteiger partial charge in [0.15, 0.2) is 0 Å². The van der Waals surface area contributed by atoms with E-state index < -0.39 is 0 Å². The standard InChI is InChI=1S/C9H9N.C3H6O2/c1-7-6-8-4-2-3-5-9(8)10-7;1-3(4)5-2/h2-6,10H,1H3;1-2H3. The molecule has 0 amide bonds. The zero-order valence-corrected chi connectivity index (χ0v) is 9.20. The predicted molar refractivity (Wildman–Crippen MR) is 60.7 cm³/mol. The van der Waals surface area contributed by atoms with Gasteiger partial charge in [-0.15, -0.1) is 0 Å². The van der Waals surface area contributed by atoms with E-state index in [2.05, 4.69) is 40.9 Å². The summed E-state index contributed by atoms with van der Waals surface area (Å²) in [5.41, 5.74) is 2.45. The molecule has 0 fully saturated rings. The molecule has 0 atom stereocenters. The molecule has 3 nitrogen and oxygen atoms in total. The minimum absolute atomic E-state index is 0.245. The number of methoxy groups -OCH3 is 1. The van der Waals surface area contributed by atoms with E-state index >= 15 is 0 Å². The molecule has 0 aliphatic carbocycles. The van der Waals surface area contributed by atoms with Gasteiger partial charge < -0.3 is 9.72 Å². The van der Waals surface area contributed by atoms with Crippen molar-refractivity contribution in [2.45, 2.75) is 13.8 Å². The molecule has 0 saturated carbocycles. The molecule has 3 heteroatoms. The van der Waals surface area contributed by atoms with Gasteiger partial charge in [0, 0.05) is 18.1 Å². The minimum atomic E-state index is -0.245. The number of para-hydroxylation sites is 1. The highest BCUT2D eigenvalue weighted by Gasteiger charge is 1.92. The van der Waals surface area contributed by atoms with E-state index in [1.807, 2.05) is 6.07 Å². The average molecular weight is 205 g/mol. The Labute approximate surface area is 89.1 Å². The van der Waals surface area contributed by atoms with Crippen molar-refractivity contribution >= 4 is 16.9 Å². The number of H-pyrrole nitrogens is 1. The fourth-order valence-corrected chi connectivity index (χ4v) is 1.22. The molecule has 2 rings (SSSR count). The summed E-state index contributed by atoms with van der Waals surface area (Å²) in [7, 11) is 1.35. The van der Waals surface area contributed by atoms with E-state index in [4.69, 9.17) is 0 Å². The number of esters is 1. The maximum absolute atomic E-state index is 9.59. The first kappa shape index (κ1) is 11.3. The topological polar surface area (TPSA) is 42.1 Å². The fraction of sp³-hybridized carbons (Fsp3) is 0.250. The van der Waals surface area contributed by atoms with E-state index in [1.165, 1.54) is 30.6 Å². The highest BCUT2D eigenvalue weighted by molar-refractivity contribution is 5.79. The number of aromatic nitrogens is 1. The molecule has 80 valence electrons. The normalized spacial score (nSPS) is 9.27. The second kappa shape index (κ2) is 5.20. The van der Waals surface area contributed by atoms with Crippen molar-refractivity contribution in [3.63, 3.8) is 0 Å². The van der Waals surface area contributed by atoms with Gasteiger partial charge >= 0.3 is 5.97 Å². The third kappa shape index (κ3) is 3.46. The van der Waals surface area contributed by atoms with Gasteiger partial charge in [0.2, 0.25) is 0 Å². The lowest BCUT2D eigenvalue weighted by Crippen LogP contribution is -1.88. The number of aromatic amines is 1. The monoisotopic (exact) mass is 205 g/mol. The highest BCUT2D eigenvalue weighted by atomic mass is 16.5. The van der Waals surface area contributed by atoms with Gasteiger partial charge in [0.1, 0.15) is 0 Å². The van der Waals surface area contributed by atoms with Crippen molar-refractivity contribution in [1.82, 2.24) is 4.98 Å². The van der Waals surface area contributed by atoms with Crippen LogP contribution in [0.2, 0.25) is 0 Å². The van der Waals surface area contributed by atoms with Crippen LogP contribution in [0, 0.1) is 6.92 Å². The quantitative estimate of drug-likeness (QED) is 0.672. The van der Waals surface area contributed by atoms with Gasteiger partial charge in [-0.1, -0.05) is 18.2 Å². The Morgan fingerprint density at radius 2 is 1.93 bits per heavy atom. The zero-order valence-electron chi connectivity index (χ0n) is 9.20. The maximum atomic E-state index is 9.59. The fourth-order valence-electron chi connectivity index (χ4n) is 1.22. The van der Waals surface area contributed by atoms with E-state index in [9.17, 15) is 4.79 Å². The Morgan fingerprint density at radius 1 is 1.33 bits per heavy atom.